The minimum atomic E-state index is 0.0419. The van der Waals surface area contributed by atoms with Crippen molar-refractivity contribution >= 4 is 0 Å². The summed E-state index contributed by atoms with van der Waals surface area (Å²) in [6.45, 7) is 0.819. The van der Waals surface area contributed by atoms with E-state index in [4.69, 9.17) is 10.5 Å². The van der Waals surface area contributed by atoms with Crippen LogP contribution in [0, 0.1) is 0 Å². The Labute approximate surface area is 90.0 Å². The zero-order valence-electron chi connectivity index (χ0n) is 8.73. The van der Waals surface area contributed by atoms with Crippen LogP contribution in [0.2, 0.25) is 0 Å². The molecule has 0 spiro atoms. The average Bonchev–Trinajstić information content (AvgIpc) is 2.31. The molecule has 1 aromatic rings. The molecule has 1 aromatic heterocycles. The first-order valence-electron chi connectivity index (χ1n) is 5.32. The zero-order valence-corrected chi connectivity index (χ0v) is 8.73. The number of hydrogen-bond donors (Lipinski definition) is 1. The fourth-order valence-corrected chi connectivity index (χ4v) is 1.73. The van der Waals surface area contributed by atoms with Crippen LogP contribution in [0.1, 0.15) is 18.5 Å². The van der Waals surface area contributed by atoms with Gasteiger partial charge in [-0.15, -0.1) is 0 Å². The van der Waals surface area contributed by atoms with Gasteiger partial charge in [-0.2, -0.15) is 0 Å². The number of ether oxygens (including phenoxy) is 1. The minimum absolute atomic E-state index is 0.0419. The molecule has 2 heterocycles. The molecule has 0 fully saturated rings. The van der Waals surface area contributed by atoms with Gasteiger partial charge in [0.25, 0.3) is 0 Å². The number of nitrogens with two attached hydrogens (primary N) is 1. The molecule has 0 aromatic carbocycles. The number of pyridine rings is 1. The minimum Gasteiger partial charge on any atom is -0.501 e. The van der Waals surface area contributed by atoms with Crippen LogP contribution in [-0.4, -0.2) is 17.6 Å². The number of rotatable bonds is 3. The smallest absolute Gasteiger partial charge is 0.0876 e. The first-order valence-corrected chi connectivity index (χ1v) is 5.32. The van der Waals surface area contributed by atoms with Crippen LogP contribution in [0.3, 0.4) is 0 Å². The molecular formula is C12H16N2O. The van der Waals surface area contributed by atoms with Crippen molar-refractivity contribution in [3.8, 4) is 0 Å². The van der Waals surface area contributed by atoms with E-state index >= 15 is 0 Å². The fraction of sp³-hybridized carbons (Fsp3) is 0.417. The van der Waals surface area contributed by atoms with Crippen LogP contribution in [0.4, 0.5) is 0 Å². The van der Waals surface area contributed by atoms with E-state index in [1.807, 2.05) is 24.5 Å². The van der Waals surface area contributed by atoms with Gasteiger partial charge in [-0.1, -0.05) is 6.07 Å². The lowest BCUT2D eigenvalue weighted by Crippen LogP contribution is -2.27. The van der Waals surface area contributed by atoms with Crippen molar-refractivity contribution in [1.82, 2.24) is 4.98 Å². The second kappa shape index (κ2) is 4.94. The standard InChI is InChI=1S/C12H16N2O/c13-12(10-4-3-7-15-9-10)8-11-5-1-2-6-14-11/h1-2,5-6,9,12H,3-4,7-8,13H2. The highest BCUT2D eigenvalue weighted by molar-refractivity contribution is 5.14. The molecule has 1 unspecified atom stereocenters. The van der Waals surface area contributed by atoms with Crippen LogP contribution in [0.25, 0.3) is 0 Å². The molecule has 0 amide bonds. The van der Waals surface area contributed by atoms with Gasteiger partial charge in [-0.25, -0.2) is 0 Å². The Balaban J connectivity index is 1.97. The van der Waals surface area contributed by atoms with Crippen molar-refractivity contribution in [2.75, 3.05) is 6.61 Å². The Hall–Kier alpha value is -1.35. The van der Waals surface area contributed by atoms with Crippen LogP contribution in [-0.2, 0) is 11.2 Å². The third-order valence-electron chi connectivity index (χ3n) is 2.59. The van der Waals surface area contributed by atoms with E-state index in [2.05, 4.69) is 4.98 Å². The van der Waals surface area contributed by atoms with Gasteiger partial charge in [0.1, 0.15) is 0 Å². The molecule has 0 saturated carbocycles. The van der Waals surface area contributed by atoms with Crippen molar-refractivity contribution < 1.29 is 4.74 Å². The van der Waals surface area contributed by atoms with Crippen molar-refractivity contribution in [3.63, 3.8) is 0 Å². The van der Waals surface area contributed by atoms with Gasteiger partial charge in [-0.3, -0.25) is 4.98 Å². The van der Waals surface area contributed by atoms with Gasteiger partial charge >= 0.3 is 0 Å². The van der Waals surface area contributed by atoms with Gasteiger partial charge in [-0.05, 0) is 30.5 Å². The summed E-state index contributed by atoms with van der Waals surface area (Å²) in [5, 5.41) is 0. The molecule has 80 valence electrons. The lowest BCUT2D eigenvalue weighted by Gasteiger charge is -2.19. The SMILES string of the molecule is NC(Cc1ccccn1)C1=COCCC1. The molecule has 2 rings (SSSR count). The summed E-state index contributed by atoms with van der Waals surface area (Å²) in [6.07, 6.45) is 6.52. The molecule has 15 heavy (non-hydrogen) atoms. The molecule has 1 atom stereocenters. The molecule has 0 bridgehead atoms. The second-order valence-corrected chi connectivity index (χ2v) is 3.80. The average molecular weight is 204 g/mol. The van der Waals surface area contributed by atoms with Crippen molar-refractivity contribution in [2.45, 2.75) is 25.3 Å². The Morgan fingerprint density at radius 2 is 2.40 bits per heavy atom. The third kappa shape index (κ3) is 2.80. The van der Waals surface area contributed by atoms with E-state index < -0.39 is 0 Å². The van der Waals surface area contributed by atoms with Crippen molar-refractivity contribution in [2.24, 2.45) is 5.73 Å². The maximum atomic E-state index is 6.09. The predicted molar refractivity (Wildman–Crippen MR) is 59.2 cm³/mol. The van der Waals surface area contributed by atoms with Gasteiger partial charge in [0.15, 0.2) is 0 Å². The number of hydrogen-bond acceptors (Lipinski definition) is 3. The first kappa shape index (κ1) is 10.2. The highest BCUT2D eigenvalue weighted by Crippen LogP contribution is 2.16. The highest BCUT2D eigenvalue weighted by Gasteiger charge is 2.13. The Kier molecular flexibility index (Phi) is 3.35. The molecular weight excluding hydrogens is 188 g/mol. The molecule has 1 aliphatic rings. The van der Waals surface area contributed by atoms with E-state index in [1.54, 1.807) is 6.20 Å². The van der Waals surface area contributed by atoms with Gasteiger partial charge in [0.05, 0.1) is 12.9 Å². The maximum absolute atomic E-state index is 6.09. The molecule has 0 saturated heterocycles. The van der Waals surface area contributed by atoms with Gasteiger partial charge in [0.2, 0.25) is 0 Å². The zero-order chi connectivity index (χ0) is 10.5. The van der Waals surface area contributed by atoms with Crippen LogP contribution in [0.5, 0.6) is 0 Å². The summed E-state index contributed by atoms with van der Waals surface area (Å²) in [4.78, 5) is 4.27. The van der Waals surface area contributed by atoms with Gasteiger partial charge < -0.3 is 10.5 Å². The predicted octanol–water partition coefficient (Wildman–Crippen LogP) is 1.65. The van der Waals surface area contributed by atoms with Crippen molar-refractivity contribution in [3.05, 3.63) is 41.9 Å². The number of aromatic nitrogens is 1. The summed E-state index contributed by atoms with van der Waals surface area (Å²) in [5.41, 5.74) is 8.33. The second-order valence-electron chi connectivity index (χ2n) is 3.80. The van der Waals surface area contributed by atoms with Gasteiger partial charge in [0, 0.05) is 24.4 Å². The Bertz CT molecular complexity index is 335. The Morgan fingerprint density at radius 1 is 1.47 bits per heavy atom. The van der Waals surface area contributed by atoms with Crippen LogP contribution in [0.15, 0.2) is 36.2 Å². The van der Waals surface area contributed by atoms with E-state index in [1.165, 1.54) is 5.57 Å². The largest absolute Gasteiger partial charge is 0.501 e. The van der Waals surface area contributed by atoms with Crippen LogP contribution >= 0.6 is 0 Å². The fourth-order valence-electron chi connectivity index (χ4n) is 1.73. The quantitative estimate of drug-likeness (QED) is 0.814. The lowest BCUT2D eigenvalue weighted by atomic mass is 9.99. The van der Waals surface area contributed by atoms with E-state index in [0.29, 0.717) is 0 Å². The molecule has 2 N–H and O–H groups in total. The van der Waals surface area contributed by atoms with E-state index in [0.717, 1.165) is 31.6 Å². The maximum Gasteiger partial charge on any atom is 0.0876 e. The molecule has 1 aliphatic heterocycles. The summed E-state index contributed by atoms with van der Waals surface area (Å²) in [5.74, 6) is 0. The third-order valence-corrected chi connectivity index (χ3v) is 2.59. The molecule has 0 radical (unpaired) electrons. The normalized spacial score (nSPS) is 17.8. The lowest BCUT2D eigenvalue weighted by molar-refractivity contribution is 0.221. The summed E-state index contributed by atoms with van der Waals surface area (Å²) >= 11 is 0. The highest BCUT2D eigenvalue weighted by atomic mass is 16.5. The molecule has 3 heteroatoms. The summed E-state index contributed by atoms with van der Waals surface area (Å²) in [6, 6.07) is 5.95. The summed E-state index contributed by atoms with van der Waals surface area (Å²) in [7, 11) is 0. The molecule has 3 nitrogen and oxygen atoms in total. The topological polar surface area (TPSA) is 48.1 Å². The monoisotopic (exact) mass is 204 g/mol. The Morgan fingerprint density at radius 3 is 3.07 bits per heavy atom. The van der Waals surface area contributed by atoms with Crippen molar-refractivity contribution in [1.29, 1.82) is 0 Å². The number of nitrogens with zero attached hydrogens (tertiary/aromatic N) is 1. The molecule has 0 aliphatic carbocycles. The summed E-state index contributed by atoms with van der Waals surface area (Å²) < 4.78 is 5.28. The first-order chi connectivity index (χ1) is 7.36. The van der Waals surface area contributed by atoms with E-state index in [-0.39, 0.29) is 6.04 Å². The van der Waals surface area contributed by atoms with Crippen LogP contribution < -0.4 is 5.73 Å². The van der Waals surface area contributed by atoms with E-state index in [9.17, 15) is 0 Å².